The van der Waals surface area contributed by atoms with Crippen molar-refractivity contribution in [2.75, 3.05) is 7.11 Å². The van der Waals surface area contributed by atoms with Crippen LogP contribution in [-0.2, 0) is 4.74 Å². The van der Waals surface area contributed by atoms with Crippen molar-refractivity contribution < 1.29 is 19.7 Å². The van der Waals surface area contributed by atoms with Crippen LogP contribution in [0.1, 0.15) is 15.9 Å². The van der Waals surface area contributed by atoms with E-state index < -0.39 is 17.5 Å². The van der Waals surface area contributed by atoms with E-state index in [4.69, 9.17) is 11.6 Å². The molecule has 5 heteroatoms. The summed E-state index contributed by atoms with van der Waals surface area (Å²) in [5.41, 5.74) is 0.367. The number of halogens is 1. The summed E-state index contributed by atoms with van der Waals surface area (Å²) < 4.78 is 4.48. The zero-order chi connectivity index (χ0) is 10.9. The molecule has 0 spiro atoms. The van der Waals surface area contributed by atoms with E-state index in [1.807, 2.05) is 0 Å². The van der Waals surface area contributed by atoms with Gasteiger partial charge in [-0.05, 0) is 13.0 Å². The molecule has 0 saturated heterocycles. The van der Waals surface area contributed by atoms with Gasteiger partial charge in [0.25, 0.3) is 0 Å². The highest BCUT2D eigenvalue weighted by Gasteiger charge is 2.17. The highest BCUT2D eigenvalue weighted by Crippen LogP contribution is 2.37. The number of phenols is 2. The van der Waals surface area contributed by atoms with E-state index in [9.17, 15) is 15.0 Å². The molecule has 0 fully saturated rings. The Morgan fingerprint density at radius 3 is 2.50 bits per heavy atom. The lowest BCUT2D eigenvalue weighted by molar-refractivity contribution is 0.0599. The maximum absolute atomic E-state index is 11.2. The number of carbonyl (C=O) groups is 1. The van der Waals surface area contributed by atoms with Crippen LogP contribution in [0.25, 0.3) is 0 Å². The Bertz CT molecular complexity index is 387. The zero-order valence-electron chi connectivity index (χ0n) is 7.67. The maximum Gasteiger partial charge on any atom is 0.338 e. The SMILES string of the molecule is COC(=O)c1cc(Cl)c(O)c(O)c1C. The van der Waals surface area contributed by atoms with E-state index in [0.29, 0.717) is 0 Å². The third kappa shape index (κ3) is 1.61. The predicted octanol–water partition coefficient (Wildman–Crippen LogP) is 1.85. The van der Waals surface area contributed by atoms with Gasteiger partial charge in [-0.3, -0.25) is 0 Å². The minimum Gasteiger partial charge on any atom is -0.504 e. The van der Waals surface area contributed by atoms with Crippen molar-refractivity contribution in [3.05, 3.63) is 22.2 Å². The Hall–Kier alpha value is -1.42. The van der Waals surface area contributed by atoms with Crippen molar-refractivity contribution in [2.45, 2.75) is 6.92 Å². The first-order valence-corrected chi connectivity index (χ1v) is 4.16. The average Bonchev–Trinajstić information content (AvgIpc) is 2.19. The van der Waals surface area contributed by atoms with Crippen molar-refractivity contribution in [1.29, 1.82) is 0 Å². The van der Waals surface area contributed by atoms with Gasteiger partial charge in [-0.15, -0.1) is 0 Å². The van der Waals surface area contributed by atoms with Crippen LogP contribution in [0.15, 0.2) is 6.07 Å². The Morgan fingerprint density at radius 1 is 1.43 bits per heavy atom. The molecule has 0 aliphatic heterocycles. The maximum atomic E-state index is 11.2. The van der Waals surface area contributed by atoms with Crippen molar-refractivity contribution in [1.82, 2.24) is 0 Å². The molecule has 2 N–H and O–H groups in total. The number of hydrogen-bond donors (Lipinski definition) is 2. The molecule has 0 radical (unpaired) electrons. The molecule has 1 aromatic carbocycles. The minimum absolute atomic E-state index is 0.0894. The van der Waals surface area contributed by atoms with Gasteiger partial charge in [0.15, 0.2) is 11.5 Å². The van der Waals surface area contributed by atoms with Crippen LogP contribution in [0.3, 0.4) is 0 Å². The fourth-order valence-corrected chi connectivity index (χ4v) is 1.24. The van der Waals surface area contributed by atoms with E-state index in [1.165, 1.54) is 20.1 Å². The molecule has 0 amide bonds. The molecule has 0 saturated carbocycles. The first-order valence-electron chi connectivity index (χ1n) is 3.78. The predicted molar refractivity (Wildman–Crippen MR) is 50.9 cm³/mol. The Labute approximate surface area is 85.7 Å². The molecule has 0 unspecified atom stereocenters. The lowest BCUT2D eigenvalue weighted by Crippen LogP contribution is -2.03. The van der Waals surface area contributed by atoms with E-state index in [1.54, 1.807) is 0 Å². The third-order valence-corrected chi connectivity index (χ3v) is 2.17. The van der Waals surface area contributed by atoms with E-state index in [2.05, 4.69) is 4.74 Å². The summed E-state index contributed by atoms with van der Waals surface area (Å²) in [5.74, 6) is -1.45. The van der Waals surface area contributed by atoms with Gasteiger partial charge in [0, 0.05) is 5.56 Å². The summed E-state index contributed by atoms with van der Waals surface area (Å²) in [6, 6.07) is 1.25. The molecule has 0 aliphatic carbocycles. The van der Waals surface area contributed by atoms with Crippen molar-refractivity contribution in [3.63, 3.8) is 0 Å². The van der Waals surface area contributed by atoms with Crippen LogP contribution in [0.5, 0.6) is 11.5 Å². The second kappa shape index (κ2) is 3.75. The van der Waals surface area contributed by atoms with Gasteiger partial charge in [-0.1, -0.05) is 11.6 Å². The highest BCUT2D eigenvalue weighted by molar-refractivity contribution is 6.32. The number of methoxy groups -OCH3 is 1. The fourth-order valence-electron chi connectivity index (χ4n) is 1.04. The molecule has 4 nitrogen and oxygen atoms in total. The van der Waals surface area contributed by atoms with Gasteiger partial charge in [0.05, 0.1) is 17.7 Å². The van der Waals surface area contributed by atoms with Gasteiger partial charge in [0.1, 0.15) is 0 Å². The van der Waals surface area contributed by atoms with Gasteiger partial charge in [-0.2, -0.15) is 0 Å². The number of esters is 1. The van der Waals surface area contributed by atoms with Gasteiger partial charge in [0.2, 0.25) is 0 Å². The van der Waals surface area contributed by atoms with E-state index in [-0.39, 0.29) is 16.1 Å². The topological polar surface area (TPSA) is 66.8 Å². The van der Waals surface area contributed by atoms with Gasteiger partial charge in [-0.25, -0.2) is 4.79 Å². The summed E-state index contributed by atoms with van der Waals surface area (Å²) in [6.45, 7) is 1.48. The summed E-state index contributed by atoms with van der Waals surface area (Å²) >= 11 is 5.57. The first kappa shape index (κ1) is 10.7. The highest BCUT2D eigenvalue weighted by atomic mass is 35.5. The molecule has 0 aromatic heterocycles. The molecule has 0 atom stereocenters. The first-order chi connectivity index (χ1) is 6.49. The molecule has 0 aliphatic rings. The third-order valence-electron chi connectivity index (χ3n) is 1.89. The molecule has 1 aromatic rings. The lowest BCUT2D eigenvalue weighted by Gasteiger charge is -2.08. The van der Waals surface area contributed by atoms with Crippen LogP contribution in [-0.4, -0.2) is 23.3 Å². The summed E-state index contributed by atoms with van der Waals surface area (Å²) in [4.78, 5) is 11.2. The summed E-state index contributed by atoms with van der Waals surface area (Å²) in [5, 5.41) is 18.5. The van der Waals surface area contributed by atoms with Crippen LogP contribution < -0.4 is 0 Å². The minimum atomic E-state index is -0.611. The number of ether oxygens (including phenoxy) is 1. The monoisotopic (exact) mass is 216 g/mol. The largest absolute Gasteiger partial charge is 0.504 e. The normalized spacial score (nSPS) is 9.93. The molecule has 76 valence electrons. The van der Waals surface area contributed by atoms with E-state index in [0.717, 1.165) is 0 Å². The van der Waals surface area contributed by atoms with E-state index >= 15 is 0 Å². The number of carbonyl (C=O) groups excluding carboxylic acids is 1. The second-order valence-electron chi connectivity index (χ2n) is 2.72. The second-order valence-corrected chi connectivity index (χ2v) is 3.13. The van der Waals surface area contributed by atoms with Gasteiger partial charge >= 0.3 is 5.97 Å². The standard InChI is InChI=1S/C9H9ClO4/c1-4-5(9(13)14-2)3-6(10)8(12)7(4)11/h3,11-12H,1-2H3. The van der Waals surface area contributed by atoms with Crippen LogP contribution in [0.4, 0.5) is 0 Å². The van der Waals surface area contributed by atoms with Gasteiger partial charge < -0.3 is 14.9 Å². The number of phenolic OH excluding ortho intramolecular Hbond substituents is 2. The fraction of sp³-hybridized carbons (Fsp3) is 0.222. The summed E-state index contributed by atoms with van der Waals surface area (Å²) in [7, 11) is 1.22. The molecular formula is C9H9ClO4. The Kier molecular flexibility index (Phi) is 2.86. The lowest BCUT2D eigenvalue weighted by atomic mass is 10.1. The molecule has 0 bridgehead atoms. The summed E-state index contributed by atoms with van der Waals surface area (Å²) in [6.07, 6.45) is 0. The quantitative estimate of drug-likeness (QED) is 0.555. The van der Waals surface area contributed by atoms with Crippen molar-refractivity contribution >= 4 is 17.6 Å². The smallest absolute Gasteiger partial charge is 0.338 e. The number of hydrogen-bond acceptors (Lipinski definition) is 4. The van der Waals surface area contributed by atoms with Crippen LogP contribution in [0.2, 0.25) is 5.02 Å². The zero-order valence-corrected chi connectivity index (χ0v) is 8.42. The average molecular weight is 217 g/mol. The Balaban J connectivity index is 3.40. The molecule has 1 rings (SSSR count). The molecular weight excluding hydrogens is 208 g/mol. The van der Waals surface area contributed by atoms with Crippen molar-refractivity contribution in [3.8, 4) is 11.5 Å². The van der Waals surface area contributed by atoms with Crippen molar-refractivity contribution in [2.24, 2.45) is 0 Å². The number of aromatic hydroxyl groups is 2. The van der Waals surface area contributed by atoms with Crippen LogP contribution >= 0.6 is 11.6 Å². The molecule has 14 heavy (non-hydrogen) atoms. The molecule has 0 heterocycles. The van der Waals surface area contributed by atoms with Crippen LogP contribution in [0, 0.1) is 6.92 Å². The Morgan fingerprint density at radius 2 is 2.00 bits per heavy atom. The number of rotatable bonds is 1. The number of benzene rings is 1.